The van der Waals surface area contributed by atoms with E-state index in [1.54, 1.807) is 36.7 Å². The second-order valence-electron chi connectivity index (χ2n) is 3.96. The third-order valence-electron chi connectivity index (χ3n) is 2.55. The van der Waals surface area contributed by atoms with E-state index in [1.165, 1.54) is 0 Å². The Labute approximate surface area is 121 Å². The van der Waals surface area contributed by atoms with Crippen molar-refractivity contribution in [2.45, 2.75) is 11.3 Å². The first-order valence-corrected chi connectivity index (χ1v) is 8.00. The number of rotatable bonds is 5. The van der Waals surface area contributed by atoms with Crippen molar-refractivity contribution in [3.8, 4) is 0 Å². The number of sulfonamides is 1. The Bertz CT molecular complexity index is 627. The topological polar surface area (TPSA) is 59.1 Å². The Morgan fingerprint density at radius 3 is 2.53 bits per heavy atom. The molecular weight excluding hydrogens is 328 g/mol. The molecule has 1 heterocycles. The number of aromatic nitrogens is 1. The van der Waals surface area contributed by atoms with Crippen molar-refractivity contribution in [1.82, 2.24) is 9.71 Å². The SMILES string of the molecule is O=S(=O)(NCCc1cccnc1)c1ccc(Br)cc1. The summed E-state index contributed by atoms with van der Waals surface area (Å²) in [5.41, 5.74) is 1.00. The molecule has 2 rings (SSSR count). The average Bonchev–Trinajstić information content (AvgIpc) is 2.40. The second-order valence-corrected chi connectivity index (χ2v) is 6.65. The summed E-state index contributed by atoms with van der Waals surface area (Å²) in [5.74, 6) is 0. The lowest BCUT2D eigenvalue weighted by molar-refractivity contribution is 0.581. The molecule has 0 atom stereocenters. The van der Waals surface area contributed by atoms with Crippen LogP contribution in [-0.2, 0) is 16.4 Å². The van der Waals surface area contributed by atoms with Crippen LogP contribution in [0.3, 0.4) is 0 Å². The maximum atomic E-state index is 12.0. The lowest BCUT2D eigenvalue weighted by Crippen LogP contribution is -2.25. The van der Waals surface area contributed by atoms with Crippen molar-refractivity contribution in [2.24, 2.45) is 0 Å². The Morgan fingerprint density at radius 2 is 1.89 bits per heavy atom. The monoisotopic (exact) mass is 340 g/mol. The van der Waals surface area contributed by atoms with Crippen LogP contribution in [0.2, 0.25) is 0 Å². The molecule has 0 aliphatic heterocycles. The Morgan fingerprint density at radius 1 is 1.16 bits per heavy atom. The van der Waals surface area contributed by atoms with Gasteiger partial charge in [0.2, 0.25) is 10.0 Å². The number of halogens is 1. The molecule has 1 N–H and O–H groups in total. The van der Waals surface area contributed by atoms with E-state index >= 15 is 0 Å². The molecule has 6 heteroatoms. The smallest absolute Gasteiger partial charge is 0.240 e. The van der Waals surface area contributed by atoms with E-state index in [-0.39, 0.29) is 4.90 Å². The number of benzene rings is 1. The van der Waals surface area contributed by atoms with Gasteiger partial charge in [-0.1, -0.05) is 22.0 Å². The van der Waals surface area contributed by atoms with Crippen LogP contribution in [0.5, 0.6) is 0 Å². The molecule has 0 saturated carbocycles. The Kier molecular flexibility index (Phi) is 4.68. The number of pyridine rings is 1. The maximum Gasteiger partial charge on any atom is 0.240 e. The van der Waals surface area contributed by atoms with Crippen LogP contribution in [-0.4, -0.2) is 19.9 Å². The van der Waals surface area contributed by atoms with Crippen molar-refractivity contribution in [3.05, 3.63) is 58.8 Å². The summed E-state index contributed by atoms with van der Waals surface area (Å²) in [6.45, 7) is 0.351. The van der Waals surface area contributed by atoms with Crippen molar-refractivity contribution < 1.29 is 8.42 Å². The van der Waals surface area contributed by atoms with Gasteiger partial charge in [-0.25, -0.2) is 13.1 Å². The second kappa shape index (κ2) is 6.27. The van der Waals surface area contributed by atoms with Crippen LogP contribution in [0.15, 0.2) is 58.2 Å². The van der Waals surface area contributed by atoms with Crippen LogP contribution < -0.4 is 4.72 Å². The van der Waals surface area contributed by atoms with Gasteiger partial charge in [0.05, 0.1) is 4.90 Å². The highest BCUT2D eigenvalue weighted by molar-refractivity contribution is 9.10. The predicted octanol–water partition coefficient (Wildman–Crippen LogP) is 2.37. The number of hydrogen-bond donors (Lipinski definition) is 1. The molecule has 2 aromatic rings. The zero-order valence-electron chi connectivity index (χ0n) is 10.1. The fourth-order valence-corrected chi connectivity index (χ4v) is 2.87. The molecule has 0 aliphatic rings. The molecule has 0 saturated heterocycles. The molecule has 0 bridgehead atoms. The molecule has 19 heavy (non-hydrogen) atoms. The van der Waals surface area contributed by atoms with Gasteiger partial charge in [0.25, 0.3) is 0 Å². The lowest BCUT2D eigenvalue weighted by atomic mass is 10.2. The molecule has 0 aliphatic carbocycles. The molecule has 0 fully saturated rings. The van der Waals surface area contributed by atoms with E-state index in [0.29, 0.717) is 13.0 Å². The molecular formula is C13H13BrN2O2S. The van der Waals surface area contributed by atoms with Gasteiger partial charge in [-0.15, -0.1) is 0 Å². The number of nitrogens with one attached hydrogen (secondary N) is 1. The summed E-state index contributed by atoms with van der Waals surface area (Å²) >= 11 is 3.27. The van der Waals surface area contributed by atoms with Crippen molar-refractivity contribution in [1.29, 1.82) is 0 Å². The Balaban J connectivity index is 1.97. The zero-order valence-corrected chi connectivity index (χ0v) is 12.5. The third kappa shape index (κ3) is 4.12. The highest BCUT2D eigenvalue weighted by Crippen LogP contribution is 2.14. The van der Waals surface area contributed by atoms with Gasteiger partial charge in [-0.3, -0.25) is 4.98 Å². The van der Waals surface area contributed by atoms with Crippen molar-refractivity contribution in [2.75, 3.05) is 6.54 Å². The minimum Gasteiger partial charge on any atom is -0.264 e. The summed E-state index contributed by atoms with van der Waals surface area (Å²) in [4.78, 5) is 4.25. The first-order valence-electron chi connectivity index (χ1n) is 5.72. The zero-order chi connectivity index (χ0) is 13.7. The maximum absolute atomic E-state index is 12.0. The molecule has 1 aromatic heterocycles. The Hall–Kier alpha value is -1.24. The van der Waals surface area contributed by atoms with Crippen LogP contribution in [0.25, 0.3) is 0 Å². The highest BCUT2D eigenvalue weighted by Gasteiger charge is 2.12. The van der Waals surface area contributed by atoms with Crippen LogP contribution in [0.4, 0.5) is 0 Å². The van der Waals surface area contributed by atoms with Gasteiger partial charge in [-0.2, -0.15) is 0 Å². The van der Waals surface area contributed by atoms with E-state index in [4.69, 9.17) is 0 Å². The van der Waals surface area contributed by atoms with Crippen LogP contribution in [0.1, 0.15) is 5.56 Å². The quantitative estimate of drug-likeness (QED) is 0.908. The predicted molar refractivity (Wildman–Crippen MR) is 77.3 cm³/mol. The van der Waals surface area contributed by atoms with E-state index in [1.807, 2.05) is 12.1 Å². The lowest BCUT2D eigenvalue weighted by Gasteiger charge is -2.06. The fraction of sp³-hybridized carbons (Fsp3) is 0.154. The van der Waals surface area contributed by atoms with Gasteiger partial charge in [0.1, 0.15) is 0 Å². The number of nitrogens with zero attached hydrogens (tertiary/aromatic N) is 1. The third-order valence-corrected chi connectivity index (χ3v) is 4.56. The molecule has 0 spiro atoms. The van der Waals surface area contributed by atoms with Crippen molar-refractivity contribution in [3.63, 3.8) is 0 Å². The van der Waals surface area contributed by atoms with Gasteiger partial charge in [0, 0.05) is 23.4 Å². The van der Waals surface area contributed by atoms with E-state index in [9.17, 15) is 8.42 Å². The molecule has 4 nitrogen and oxygen atoms in total. The summed E-state index contributed by atoms with van der Waals surface area (Å²) in [7, 11) is -3.44. The summed E-state index contributed by atoms with van der Waals surface area (Å²) in [6.07, 6.45) is 4.03. The molecule has 1 aromatic carbocycles. The van der Waals surface area contributed by atoms with Crippen LogP contribution >= 0.6 is 15.9 Å². The minimum absolute atomic E-state index is 0.266. The van der Waals surface area contributed by atoms with Crippen molar-refractivity contribution >= 4 is 26.0 Å². The fourth-order valence-electron chi connectivity index (χ4n) is 1.57. The summed E-state index contributed by atoms with van der Waals surface area (Å²) in [6, 6.07) is 10.3. The van der Waals surface area contributed by atoms with E-state index in [2.05, 4.69) is 25.6 Å². The highest BCUT2D eigenvalue weighted by atomic mass is 79.9. The minimum atomic E-state index is -3.44. The molecule has 100 valence electrons. The average molecular weight is 341 g/mol. The van der Waals surface area contributed by atoms with Gasteiger partial charge < -0.3 is 0 Å². The van der Waals surface area contributed by atoms with Crippen LogP contribution in [0, 0.1) is 0 Å². The van der Waals surface area contributed by atoms with E-state index < -0.39 is 10.0 Å². The first kappa shape index (κ1) is 14.2. The molecule has 0 radical (unpaired) electrons. The van der Waals surface area contributed by atoms with E-state index in [0.717, 1.165) is 10.0 Å². The van der Waals surface area contributed by atoms with Gasteiger partial charge >= 0.3 is 0 Å². The molecule has 0 unspecified atom stereocenters. The van der Waals surface area contributed by atoms with Gasteiger partial charge in [0.15, 0.2) is 0 Å². The number of hydrogen-bond acceptors (Lipinski definition) is 3. The first-order chi connectivity index (χ1) is 9.08. The largest absolute Gasteiger partial charge is 0.264 e. The standard InChI is InChI=1S/C13H13BrN2O2S/c14-12-3-5-13(6-4-12)19(17,18)16-9-7-11-2-1-8-15-10-11/h1-6,8,10,16H,7,9H2. The normalized spacial score (nSPS) is 11.4. The summed E-state index contributed by atoms with van der Waals surface area (Å²) < 4.78 is 27.4. The molecule has 0 amide bonds. The van der Waals surface area contributed by atoms with Gasteiger partial charge in [-0.05, 0) is 42.3 Å². The summed E-state index contributed by atoms with van der Waals surface area (Å²) in [5, 5.41) is 0.